The molecule has 15 heteroatoms. The van der Waals surface area contributed by atoms with Crippen molar-refractivity contribution in [3.8, 4) is 0 Å². The molecule has 0 unspecified atom stereocenters. The highest BCUT2D eigenvalue weighted by Gasteiger charge is 2.28. The molecule has 2 saturated carbocycles. The van der Waals surface area contributed by atoms with Gasteiger partial charge in [-0.2, -0.15) is 0 Å². The Labute approximate surface area is 595 Å². The van der Waals surface area contributed by atoms with E-state index in [9.17, 15) is 0 Å². The first-order valence-electron chi connectivity index (χ1n) is 28.7. The molecule has 0 spiro atoms. The molecule has 0 aromatic heterocycles. The second-order valence-corrected chi connectivity index (χ2v) is 29.2. The van der Waals surface area contributed by atoms with Crippen molar-refractivity contribution in [2.75, 3.05) is 35.8 Å². The second-order valence-electron chi connectivity index (χ2n) is 20.6. The summed E-state index contributed by atoms with van der Waals surface area (Å²) in [7, 11) is -1.34. The summed E-state index contributed by atoms with van der Waals surface area (Å²) >= 11 is 27.3. The molecule has 2 aliphatic rings. The molecule has 0 aliphatic heterocycles. The van der Waals surface area contributed by atoms with Gasteiger partial charge in [-0.05, 0) is 146 Å². The van der Waals surface area contributed by atoms with Gasteiger partial charge in [-0.25, -0.2) is 0 Å². The summed E-state index contributed by atoms with van der Waals surface area (Å²) in [6.45, 7) is 0.563. The van der Waals surface area contributed by atoms with Crippen molar-refractivity contribution in [3.05, 3.63) is 273 Å². The van der Waals surface area contributed by atoms with Crippen LogP contribution in [-0.2, 0) is 0 Å². The molecule has 9 aromatic carbocycles. The van der Waals surface area contributed by atoms with Crippen LogP contribution >= 0.6 is 156 Å². The quantitative estimate of drug-likeness (QED) is 0.0708. The Morgan fingerprint density at radius 2 is 0.333 bits per heavy atom. The number of aliphatic hydroxyl groups excluding tert-OH is 3. The summed E-state index contributed by atoms with van der Waals surface area (Å²) in [5.41, 5.74) is 0. The maximum absolute atomic E-state index is 8.95. The first-order valence-corrected chi connectivity index (χ1v) is 47.3. The number of alkyl halides is 3. The van der Waals surface area contributed by atoms with Crippen LogP contribution in [0.4, 0.5) is 0 Å². The third-order valence-electron chi connectivity index (χ3n) is 14.6. The Morgan fingerprint density at radius 1 is 0.218 bits per heavy atom. The molecule has 0 saturated heterocycles. The van der Waals surface area contributed by atoms with Crippen LogP contribution in [0.3, 0.4) is 0 Å². The summed E-state index contributed by atoms with van der Waals surface area (Å²) in [4.78, 5) is 0. The SMILES string of the molecule is BrBr.BrBr.BrBr.BrCC1CC(CBr)CC(CBr)C1.OCC1CC(CO)CC(CO)C1.c1ccc(P(c2ccccc2)c2ccccc2)cc1.c1ccc(P(c2ccccc2)c2ccccc2)cc1.c1ccc(P(c2ccccc2)c2ccccc2)cc1. The zero-order valence-corrected chi connectivity index (χ0v) is 65.5. The van der Waals surface area contributed by atoms with Crippen molar-refractivity contribution < 1.29 is 15.3 Å². The number of halogens is 9. The molecule has 2 fully saturated rings. The van der Waals surface area contributed by atoms with E-state index in [0.717, 1.165) is 37.0 Å². The largest absolute Gasteiger partial charge is 0.396 e. The van der Waals surface area contributed by atoms with Crippen LogP contribution in [0.25, 0.3) is 0 Å². The van der Waals surface area contributed by atoms with Crippen LogP contribution in [0.2, 0.25) is 0 Å². The molecule has 11 rings (SSSR count). The molecule has 0 atom stereocenters. The van der Waals surface area contributed by atoms with Crippen molar-refractivity contribution in [1.82, 2.24) is 0 Å². The monoisotopic (exact) mass is 1790 g/mol. The van der Waals surface area contributed by atoms with E-state index in [2.05, 4.69) is 406 Å². The van der Waals surface area contributed by atoms with Crippen LogP contribution in [0, 0.1) is 35.5 Å². The molecule has 2 aliphatic carbocycles. The Kier molecular flexibility index (Phi) is 44.0. The summed E-state index contributed by atoms with van der Waals surface area (Å²) in [5, 5.41) is 43.0. The minimum atomic E-state index is -0.446. The average molecular weight is 1800 g/mol. The van der Waals surface area contributed by atoms with E-state index in [4.69, 9.17) is 15.3 Å². The maximum atomic E-state index is 8.95. The van der Waals surface area contributed by atoms with Gasteiger partial charge in [0, 0.05) is 121 Å². The fourth-order valence-electron chi connectivity index (χ4n) is 10.8. The topological polar surface area (TPSA) is 60.7 Å². The molecular weight excluding hydrogens is 1720 g/mol. The summed E-state index contributed by atoms with van der Waals surface area (Å²) < 4.78 is 0. The van der Waals surface area contributed by atoms with Crippen LogP contribution in [0.15, 0.2) is 273 Å². The molecule has 3 N–H and O–H groups in total. The fourth-order valence-corrected chi connectivity index (χ4v) is 19.3. The minimum absolute atomic E-state index is 0.188. The second kappa shape index (κ2) is 49.1. The molecule has 87 heavy (non-hydrogen) atoms. The van der Waals surface area contributed by atoms with E-state index in [-0.39, 0.29) is 37.6 Å². The highest BCUT2D eigenvalue weighted by atomic mass is 80.9. The van der Waals surface area contributed by atoms with Crippen molar-refractivity contribution >= 4 is 204 Å². The van der Waals surface area contributed by atoms with Gasteiger partial charge >= 0.3 is 0 Å². The highest BCUT2D eigenvalue weighted by molar-refractivity contribution is 9.93. The molecule has 0 heterocycles. The van der Waals surface area contributed by atoms with Crippen molar-refractivity contribution in [3.63, 3.8) is 0 Å². The molecule has 462 valence electrons. The van der Waals surface area contributed by atoms with Gasteiger partial charge < -0.3 is 15.3 Å². The lowest BCUT2D eigenvalue weighted by Gasteiger charge is -2.32. The molecule has 0 radical (unpaired) electrons. The summed E-state index contributed by atoms with van der Waals surface area (Å²) in [5.74, 6) is 3.57. The van der Waals surface area contributed by atoms with Crippen molar-refractivity contribution in [2.45, 2.75) is 38.5 Å². The Bertz CT molecular complexity index is 2370. The first kappa shape index (κ1) is 77.9. The van der Waals surface area contributed by atoms with E-state index >= 15 is 0 Å². The van der Waals surface area contributed by atoms with Crippen LogP contribution in [0.5, 0.6) is 0 Å². The van der Waals surface area contributed by atoms with Crippen LogP contribution < -0.4 is 47.7 Å². The lowest BCUT2D eigenvalue weighted by molar-refractivity contribution is 0.0653. The minimum Gasteiger partial charge on any atom is -0.396 e. The van der Waals surface area contributed by atoms with E-state index in [1.165, 1.54) is 83.0 Å². The lowest BCUT2D eigenvalue weighted by atomic mass is 9.76. The van der Waals surface area contributed by atoms with Crippen molar-refractivity contribution in [2.24, 2.45) is 35.5 Å². The summed E-state index contributed by atoms with van der Waals surface area (Å²) in [6.07, 6.45) is 6.93. The molecule has 0 bridgehead atoms. The Balaban J connectivity index is 0.000000231. The number of hydrogen-bond acceptors (Lipinski definition) is 3. The Hall–Kier alpha value is -1.53. The third kappa shape index (κ3) is 28.3. The normalized spacial score (nSPS) is 17.3. The summed E-state index contributed by atoms with van der Waals surface area (Å²) in [6, 6.07) is 97.0. The molecular formula is C72H78Br9O3P3. The average Bonchev–Trinajstić information content (AvgIpc) is 3.11. The first-order chi connectivity index (χ1) is 42.9. The maximum Gasteiger partial charge on any atom is 0.0459 e. The lowest BCUT2D eigenvalue weighted by Crippen LogP contribution is -2.28. The van der Waals surface area contributed by atoms with Gasteiger partial charge in [-0.1, -0.05) is 321 Å². The predicted molar refractivity (Wildman–Crippen MR) is 420 cm³/mol. The van der Waals surface area contributed by atoms with Gasteiger partial charge in [-0.3, -0.25) is 0 Å². The molecule has 3 nitrogen and oxygen atoms in total. The van der Waals surface area contributed by atoms with Gasteiger partial charge in [0.15, 0.2) is 0 Å². The number of hydrogen-bond donors (Lipinski definition) is 3. The van der Waals surface area contributed by atoms with Gasteiger partial charge in [-0.15, -0.1) is 0 Å². The van der Waals surface area contributed by atoms with Crippen LogP contribution in [-0.4, -0.2) is 51.1 Å². The number of rotatable bonds is 15. The molecule has 9 aromatic rings. The zero-order chi connectivity index (χ0) is 62.7. The van der Waals surface area contributed by atoms with Gasteiger partial charge in [0.05, 0.1) is 0 Å². The number of aliphatic hydroxyl groups is 3. The highest BCUT2D eigenvalue weighted by Crippen LogP contribution is 2.37. The van der Waals surface area contributed by atoms with E-state index in [1.807, 2.05) is 0 Å². The van der Waals surface area contributed by atoms with Gasteiger partial charge in [0.1, 0.15) is 0 Å². The number of benzene rings is 9. The molecule has 0 amide bonds. The zero-order valence-electron chi connectivity index (χ0n) is 48.5. The van der Waals surface area contributed by atoms with E-state index < -0.39 is 23.8 Å². The standard InChI is InChI=1S/3C18H15P.C9H15Br3.C9H18O3.3Br2/c3*1-4-10-16(11-5-1)19(17-12-6-2-7-13-17)18-14-8-3-9-15-18;2*10-4-7-1-8(5-11)3-9(2-7)6-12;3*1-2/h3*1-15H;7-9H,1-6H2;7-12H,1-6H2;;;. The van der Waals surface area contributed by atoms with E-state index in [0.29, 0.717) is 0 Å². The predicted octanol–water partition coefficient (Wildman–Crippen LogP) is 19.6. The van der Waals surface area contributed by atoms with Crippen molar-refractivity contribution in [1.29, 1.82) is 0 Å². The van der Waals surface area contributed by atoms with Gasteiger partial charge in [0.25, 0.3) is 0 Å². The smallest absolute Gasteiger partial charge is 0.0459 e. The fraction of sp³-hybridized carbons (Fsp3) is 0.250. The van der Waals surface area contributed by atoms with Crippen LogP contribution in [0.1, 0.15) is 38.5 Å². The van der Waals surface area contributed by atoms with Gasteiger partial charge in [0.2, 0.25) is 0 Å². The van der Waals surface area contributed by atoms with E-state index in [1.54, 1.807) is 0 Å². The third-order valence-corrected chi connectivity index (χ3v) is 24.6. The Morgan fingerprint density at radius 3 is 0.437 bits per heavy atom.